The molecular weight excluding hydrogens is 304 g/mol. The van der Waals surface area contributed by atoms with Crippen molar-refractivity contribution < 1.29 is 9.53 Å². The van der Waals surface area contributed by atoms with E-state index in [1.165, 1.54) is 0 Å². The molecule has 1 saturated carbocycles. The van der Waals surface area contributed by atoms with Crippen LogP contribution in [-0.4, -0.2) is 23.0 Å². The van der Waals surface area contributed by atoms with Crippen molar-refractivity contribution in [3.05, 3.63) is 47.9 Å². The quantitative estimate of drug-likeness (QED) is 0.879. The molecule has 1 aromatic heterocycles. The van der Waals surface area contributed by atoms with Crippen molar-refractivity contribution in [1.82, 2.24) is 15.3 Å². The van der Waals surface area contributed by atoms with Crippen molar-refractivity contribution in [2.45, 2.75) is 37.6 Å². The fourth-order valence-corrected chi connectivity index (χ4v) is 3.37. The zero-order valence-electron chi connectivity index (χ0n) is 13.8. The maximum Gasteiger partial charge on any atom is 0.231 e. The minimum atomic E-state index is -0.505. The van der Waals surface area contributed by atoms with Gasteiger partial charge in [0.25, 0.3) is 0 Å². The van der Waals surface area contributed by atoms with Gasteiger partial charge in [-0.15, -0.1) is 0 Å². The highest BCUT2D eigenvalue weighted by atomic mass is 16.5. The van der Waals surface area contributed by atoms with Gasteiger partial charge in [-0.25, -0.2) is 9.97 Å². The molecule has 0 saturated heterocycles. The number of carbonyl (C=O) groups is 1. The van der Waals surface area contributed by atoms with E-state index < -0.39 is 5.41 Å². The zero-order chi connectivity index (χ0) is 17.0. The lowest BCUT2D eigenvalue weighted by Crippen LogP contribution is -2.42. The fourth-order valence-electron chi connectivity index (χ4n) is 3.37. The SMILES string of the molecule is COc1cccc(C2(C(=O)NCc3nccc(N)n3)CCCC2)c1. The molecule has 0 aliphatic heterocycles. The van der Waals surface area contributed by atoms with Crippen LogP contribution in [-0.2, 0) is 16.8 Å². The van der Waals surface area contributed by atoms with Crippen LogP contribution in [0.25, 0.3) is 0 Å². The molecule has 2 aromatic rings. The fraction of sp³-hybridized carbons (Fsp3) is 0.389. The largest absolute Gasteiger partial charge is 0.497 e. The number of nitrogens with one attached hydrogen (secondary N) is 1. The number of amides is 1. The van der Waals surface area contributed by atoms with E-state index in [1.54, 1.807) is 19.4 Å². The van der Waals surface area contributed by atoms with E-state index in [9.17, 15) is 4.79 Å². The average Bonchev–Trinajstić information content (AvgIpc) is 3.11. The van der Waals surface area contributed by atoms with Crippen LogP contribution in [0.4, 0.5) is 5.82 Å². The summed E-state index contributed by atoms with van der Waals surface area (Å²) in [5, 5.41) is 2.98. The summed E-state index contributed by atoms with van der Waals surface area (Å²) in [7, 11) is 1.64. The van der Waals surface area contributed by atoms with Crippen molar-refractivity contribution in [2.75, 3.05) is 12.8 Å². The number of nitrogens with two attached hydrogens (primary N) is 1. The normalized spacial score (nSPS) is 15.9. The Balaban J connectivity index is 1.80. The van der Waals surface area contributed by atoms with Gasteiger partial charge in [0, 0.05) is 6.20 Å². The minimum absolute atomic E-state index is 0.0132. The van der Waals surface area contributed by atoms with Gasteiger partial charge < -0.3 is 15.8 Å². The second-order valence-corrected chi connectivity index (χ2v) is 6.10. The monoisotopic (exact) mass is 326 g/mol. The molecule has 1 aromatic carbocycles. The van der Waals surface area contributed by atoms with Gasteiger partial charge in [0.05, 0.1) is 19.1 Å². The van der Waals surface area contributed by atoms with E-state index in [2.05, 4.69) is 15.3 Å². The smallest absolute Gasteiger partial charge is 0.231 e. The Morgan fingerprint density at radius 2 is 2.12 bits per heavy atom. The Morgan fingerprint density at radius 1 is 1.33 bits per heavy atom. The predicted molar refractivity (Wildman–Crippen MR) is 91.4 cm³/mol. The lowest BCUT2D eigenvalue weighted by molar-refractivity contribution is -0.126. The van der Waals surface area contributed by atoms with Crippen LogP contribution in [0.1, 0.15) is 37.1 Å². The van der Waals surface area contributed by atoms with Gasteiger partial charge in [0.2, 0.25) is 5.91 Å². The molecule has 3 rings (SSSR count). The number of carbonyl (C=O) groups excluding carboxylic acids is 1. The van der Waals surface area contributed by atoms with Gasteiger partial charge in [-0.2, -0.15) is 0 Å². The molecule has 1 fully saturated rings. The summed E-state index contributed by atoms with van der Waals surface area (Å²) in [5.74, 6) is 1.70. The Hall–Kier alpha value is -2.63. The Morgan fingerprint density at radius 3 is 2.83 bits per heavy atom. The van der Waals surface area contributed by atoms with Crippen LogP contribution in [0.3, 0.4) is 0 Å². The molecular formula is C18H22N4O2. The van der Waals surface area contributed by atoms with Crippen LogP contribution < -0.4 is 15.8 Å². The maximum atomic E-state index is 13.0. The highest BCUT2D eigenvalue weighted by Crippen LogP contribution is 2.42. The number of rotatable bonds is 5. The molecule has 1 aliphatic carbocycles. The number of hydrogen-bond acceptors (Lipinski definition) is 5. The number of nitrogen functional groups attached to an aromatic ring is 1. The first-order valence-corrected chi connectivity index (χ1v) is 8.14. The highest BCUT2D eigenvalue weighted by Gasteiger charge is 2.42. The molecule has 0 atom stereocenters. The van der Waals surface area contributed by atoms with Crippen LogP contribution in [0.15, 0.2) is 36.5 Å². The van der Waals surface area contributed by atoms with Crippen LogP contribution in [0.2, 0.25) is 0 Å². The number of hydrogen-bond donors (Lipinski definition) is 2. The topological polar surface area (TPSA) is 90.1 Å². The standard InChI is InChI=1S/C18H22N4O2/c1-24-14-6-4-5-13(11-14)18(8-2-3-9-18)17(23)21-12-16-20-10-7-15(19)22-16/h4-7,10-11H,2-3,8-9,12H2,1H3,(H,21,23)(H2,19,20,22). The molecule has 1 heterocycles. The first kappa shape index (κ1) is 16.2. The van der Waals surface area contributed by atoms with E-state index in [0.29, 0.717) is 11.6 Å². The van der Waals surface area contributed by atoms with Gasteiger partial charge in [0.15, 0.2) is 0 Å². The summed E-state index contributed by atoms with van der Waals surface area (Å²) in [6.45, 7) is 0.273. The molecule has 0 spiro atoms. The number of benzene rings is 1. The number of ether oxygens (including phenoxy) is 1. The lowest BCUT2D eigenvalue weighted by atomic mass is 9.78. The third-order valence-electron chi connectivity index (χ3n) is 4.65. The molecule has 24 heavy (non-hydrogen) atoms. The molecule has 6 nitrogen and oxygen atoms in total. The average molecular weight is 326 g/mol. The lowest BCUT2D eigenvalue weighted by Gasteiger charge is -2.28. The van der Waals surface area contributed by atoms with Gasteiger partial charge in [-0.05, 0) is 36.6 Å². The van der Waals surface area contributed by atoms with E-state index in [1.807, 2.05) is 24.3 Å². The number of aromatic nitrogens is 2. The third-order valence-corrected chi connectivity index (χ3v) is 4.65. The van der Waals surface area contributed by atoms with Crippen molar-refractivity contribution in [2.24, 2.45) is 0 Å². The van der Waals surface area contributed by atoms with Crippen molar-refractivity contribution in [3.63, 3.8) is 0 Å². The van der Waals surface area contributed by atoms with E-state index in [-0.39, 0.29) is 12.5 Å². The van der Waals surface area contributed by atoms with Crippen LogP contribution in [0, 0.1) is 0 Å². The van der Waals surface area contributed by atoms with Gasteiger partial charge >= 0.3 is 0 Å². The summed E-state index contributed by atoms with van der Waals surface area (Å²) in [4.78, 5) is 21.2. The molecule has 1 amide bonds. The molecule has 0 radical (unpaired) electrons. The summed E-state index contributed by atoms with van der Waals surface area (Å²) >= 11 is 0. The van der Waals surface area contributed by atoms with E-state index in [4.69, 9.17) is 10.5 Å². The molecule has 3 N–H and O–H groups in total. The maximum absolute atomic E-state index is 13.0. The Bertz CT molecular complexity index is 726. The molecule has 126 valence electrons. The summed E-state index contributed by atoms with van der Waals surface area (Å²) in [5.41, 5.74) is 6.16. The van der Waals surface area contributed by atoms with Crippen molar-refractivity contribution in [3.8, 4) is 5.75 Å². The van der Waals surface area contributed by atoms with Gasteiger partial charge in [-0.3, -0.25) is 4.79 Å². The van der Waals surface area contributed by atoms with Crippen molar-refractivity contribution in [1.29, 1.82) is 0 Å². The number of anilines is 1. The Labute approximate surface area is 141 Å². The summed E-state index contributed by atoms with van der Waals surface area (Å²) in [6, 6.07) is 9.42. The van der Waals surface area contributed by atoms with Gasteiger partial charge in [-0.1, -0.05) is 25.0 Å². The second-order valence-electron chi connectivity index (χ2n) is 6.10. The van der Waals surface area contributed by atoms with E-state index >= 15 is 0 Å². The predicted octanol–water partition coefficient (Wildman–Crippen LogP) is 2.20. The minimum Gasteiger partial charge on any atom is -0.497 e. The first-order valence-electron chi connectivity index (χ1n) is 8.14. The highest BCUT2D eigenvalue weighted by molar-refractivity contribution is 5.88. The summed E-state index contributed by atoms with van der Waals surface area (Å²) < 4.78 is 5.32. The van der Waals surface area contributed by atoms with Crippen molar-refractivity contribution >= 4 is 11.7 Å². The summed E-state index contributed by atoms with van der Waals surface area (Å²) in [6.07, 6.45) is 5.35. The Kier molecular flexibility index (Phi) is 4.64. The zero-order valence-corrected chi connectivity index (χ0v) is 13.8. The van der Waals surface area contributed by atoms with Crippen LogP contribution >= 0.6 is 0 Å². The first-order chi connectivity index (χ1) is 11.6. The van der Waals surface area contributed by atoms with Gasteiger partial charge in [0.1, 0.15) is 17.4 Å². The molecule has 6 heteroatoms. The van der Waals surface area contributed by atoms with Crippen LogP contribution in [0.5, 0.6) is 5.75 Å². The molecule has 1 aliphatic rings. The van der Waals surface area contributed by atoms with E-state index in [0.717, 1.165) is 37.0 Å². The number of methoxy groups -OCH3 is 1. The number of nitrogens with zero attached hydrogens (tertiary/aromatic N) is 2. The third kappa shape index (κ3) is 3.18. The molecule has 0 unspecified atom stereocenters. The second kappa shape index (κ2) is 6.86. The molecule has 0 bridgehead atoms.